The zero-order valence-corrected chi connectivity index (χ0v) is 9.50. The fraction of sp³-hybridized carbons (Fsp3) is 0.538. The van der Waals surface area contributed by atoms with Gasteiger partial charge in [0.1, 0.15) is 0 Å². The summed E-state index contributed by atoms with van der Waals surface area (Å²) in [5.41, 5.74) is 7.72. The number of hydrogen-bond donors (Lipinski definition) is 1. The van der Waals surface area contributed by atoms with Crippen molar-refractivity contribution in [3.8, 4) is 0 Å². The Bertz CT molecular complexity index is 376. The van der Waals surface area contributed by atoms with Gasteiger partial charge in [0, 0.05) is 10.6 Å². The van der Waals surface area contributed by atoms with Crippen LogP contribution in [0.25, 0.3) is 0 Å². The van der Waals surface area contributed by atoms with Gasteiger partial charge in [0.2, 0.25) is 0 Å². The fourth-order valence-corrected chi connectivity index (χ4v) is 3.55. The SMILES string of the molecule is NC1(c2cccc(Cl)c2)C2CCCCC21. The Balaban J connectivity index is 1.94. The Labute approximate surface area is 95.6 Å². The maximum atomic E-state index is 6.53. The Morgan fingerprint density at radius 1 is 1.20 bits per heavy atom. The highest BCUT2D eigenvalue weighted by Gasteiger charge is 2.62. The molecule has 15 heavy (non-hydrogen) atoms. The summed E-state index contributed by atoms with van der Waals surface area (Å²) in [6, 6.07) is 8.10. The van der Waals surface area contributed by atoms with E-state index in [4.69, 9.17) is 17.3 Å². The van der Waals surface area contributed by atoms with Gasteiger partial charge in [0.15, 0.2) is 0 Å². The molecule has 2 heteroatoms. The zero-order chi connectivity index (χ0) is 10.5. The maximum Gasteiger partial charge on any atom is 0.0474 e. The summed E-state index contributed by atoms with van der Waals surface area (Å²) in [5, 5.41) is 0.806. The number of fused-ring (bicyclic) bond motifs is 1. The molecule has 2 unspecified atom stereocenters. The van der Waals surface area contributed by atoms with Crippen LogP contribution in [0.15, 0.2) is 24.3 Å². The normalized spacial score (nSPS) is 38.5. The maximum absolute atomic E-state index is 6.53. The number of hydrogen-bond acceptors (Lipinski definition) is 1. The molecular formula is C13H16ClN. The van der Waals surface area contributed by atoms with Gasteiger partial charge >= 0.3 is 0 Å². The standard InChI is InChI=1S/C13H16ClN/c14-10-5-3-4-9(8-10)13(15)11-6-1-2-7-12(11)13/h3-5,8,11-12H,1-2,6-7,15H2. The molecule has 2 aliphatic carbocycles. The summed E-state index contributed by atoms with van der Waals surface area (Å²) < 4.78 is 0. The lowest BCUT2D eigenvalue weighted by molar-refractivity contribution is 0.480. The molecule has 0 saturated heterocycles. The molecule has 0 bridgehead atoms. The number of nitrogens with two attached hydrogens (primary N) is 1. The van der Waals surface area contributed by atoms with Crippen molar-refractivity contribution in [3.05, 3.63) is 34.9 Å². The average molecular weight is 222 g/mol. The van der Waals surface area contributed by atoms with E-state index in [1.807, 2.05) is 18.2 Å². The van der Waals surface area contributed by atoms with Gasteiger partial charge in [-0.15, -0.1) is 0 Å². The molecule has 0 aromatic heterocycles. The highest BCUT2D eigenvalue weighted by molar-refractivity contribution is 6.30. The second kappa shape index (κ2) is 3.23. The molecule has 2 fully saturated rings. The van der Waals surface area contributed by atoms with Crippen molar-refractivity contribution >= 4 is 11.6 Å². The third-order valence-corrected chi connectivity index (χ3v) is 4.44. The predicted octanol–water partition coefficient (Wildman–Crippen LogP) is 3.31. The van der Waals surface area contributed by atoms with E-state index in [-0.39, 0.29) is 5.54 Å². The quantitative estimate of drug-likeness (QED) is 0.774. The van der Waals surface area contributed by atoms with Gasteiger partial charge in [-0.05, 0) is 42.4 Å². The summed E-state index contributed by atoms with van der Waals surface area (Å²) in [6.45, 7) is 0. The molecule has 0 amide bonds. The largest absolute Gasteiger partial charge is 0.321 e. The van der Waals surface area contributed by atoms with Crippen molar-refractivity contribution in [2.75, 3.05) is 0 Å². The highest BCUT2D eigenvalue weighted by Crippen LogP contribution is 2.62. The summed E-state index contributed by atoms with van der Waals surface area (Å²) >= 11 is 6.02. The number of benzene rings is 1. The van der Waals surface area contributed by atoms with Gasteiger partial charge in [-0.1, -0.05) is 36.6 Å². The molecule has 3 rings (SSSR count). The van der Waals surface area contributed by atoms with Crippen LogP contribution in [0.3, 0.4) is 0 Å². The Kier molecular flexibility index (Phi) is 2.08. The third-order valence-electron chi connectivity index (χ3n) is 4.21. The van der Waals surface area contributed by atoms with Crippen molar-refractivity contribution in [2.24, 2.45) is 17.6 Å². The van der Waals surface area contributed by atoms with Crippen LogP contribution in [-0.4, -0.2) is 0 Å². The molecule has 2 N–H and O–H groups in total. The molecule has 0 radical (unpaired) electrons. The molecule has 0 aliphatic heterocycles. The van der Waals surface area contributed by atoms with E-state index in [1.54, 1.807) is 0 Å². The van der Waals surface area contributed by atoms with Crippen LogP contribution in [0.4, 0.5) is 0 Å². The molecule has 80 valence electrons. The monoisotopic (exact) mass is 221 g/mol. The van der Waals surface area contributed by atoms with E-state index in [0.717, 1.165) is 5.02 Å². The smallest absolute Gasteiger partial charge is 0.0474 e. The lowest BCUT2D eigenvalue weighted by Crippen LogP contribution is -2.23. The van der Waals surface area contributed by atoms with E-state index in [2.05, 4.69) is 6.07 Å². The summed E-state index contributed by atoms with van der Waals surface area (Å²) in [7, 11) is 0. The first-order valence-corrected chi connectivity index (χ1v) is 6.15. The molecule has 2 saturated carbocycles. The molecule has 1 aromatic carbocycles. The minimum Gasteiger partial charge on any atom is -0.321 e. The van der Waals surface area contributed by atoms with Crippen LogP contribution in [0.5, 0.6) is 0 Å². The molecule has 0 heterocycles. The molecule has 2 atom stereocenters. The molecule has 2 aliphatic rings. The van der Waals surface area contributed by atoms with Crippen LogP contribution < -0.4 is 5.73 Å². The Morgan fingerprint density at radius 2 is 1.87 bits per heavy atom. The van der Waals surface area contributed by atoms with E-state index in [1.165, 1.54) is 31.2 Å². The first-order chi connectivity index (χ1) is 7.23. The van der Waals surface area contributed by atoms with Gasteiger partial charge in [0.25, 0.3) is 0 Å². The summed E-state index contributed by atoms with van der Waals surface area (Å²) in [5.74, 6) is 1.43. The van der Waals surface area contributed by atoms with Crippen LogP contribution in [0.1, 0.15) is 31.2 Å². The Morgan fingerprint density at radius 3 is 2.47 bits per heavy atom. The van der Waals surface area contributed by atoms with Gasteiger partial charge in [0.05, 0.1) is 0 Å². The minimum atomic E-state index is -0.0542. The number of rotatable bonds is 1. The lowest BCUT2D eigenvalue weighted by Gasteiger charge is -2.12. The average Bonchev–Trinajstić information content (AvgIpc) is 2.87. The highest BCUT2D eigenvalue weighted by atomic mass is 35.5. The Hall–Kier alpha value is -0.530. The van der Waals surface area contributed by atoms with Crippen LogP contribution in [0, 0.1) is 11.8 Å². The fourth-order valence-electron chi connectivity index (χ4n) is 3.36. The second-order valence-electron chi connectivity index (χ2n) is 4.94. The third kappa shape index (κ3) is 1.33. The first kappa shape index (κ1) is 9.68. The van der Waals surface area contributed by atoms with Crippen molar-refractivity contribution in [1.29, 1.82) is 0 Å². The molecule has 1 nitrogen and oxygen atoms in total. The van der Waals surface area contributed by atoms with E-state index in [0.29, 0.717) is 11.8 Å². The van der Waals surface area contributed by atoms with Gasteiger partial charge < -0.3 is 5.73 Å². The van der Waals surface area contributed by atoms with E-state index in [9.17, 15) is 0 Å². The lowest BCUT2D eigenvalue weighted by atomic mass is 10.0. The minimum absolute atomic E-state index is 0.0542. The van der Waals surface area contributed by atoms with Crippen LogP contribution >= 0.6 is 11.6 Å². The van der Waals surface area contributed by atoms with Gasteiger partial charge in [-0.25, -0.2) is 0 Å². The summed E-state index contributed by atoms with van der Waals surface area (Å²) in [6.07, 6.45) is 5.29. The van der Waals surface area contributed by atoms with Crippen molar-refractivity contribution < 1.29 is 0 Å². The summed E-state index contributed by atoms with van der Waals surface area (Å²) in [4.78, 5) is 0. The zero-order valence-electron chi connectivity index (χ0n) is 8.75. The van der Waals surface area contributed by atoms with E-state index >= 15 is 0 Å². The second-order valence-corrected chi connectivity index (χ2v) is 5.38. The van der Waals surface area contributed by atoms with E-state index < -0.39 is 0 Å². The van der Waals surface area contributed by atoms with Crippen molar-refractivity contribution in [1.82, 2.24) is 0 Å². The molecule has 0 spiro atoms. The van der Waals surface area contributed by atoms with Crippen LogP contribution in [0.2, 0.25) is 5.02 Å². The van der Waals surface area contributed by atoms with Gasteiger partial charge in [-0.3, -0.25) is 0 Å². The molecule has 1 aromatic rings. The van der Waals surface area contributed by atoms with Crippen molar-refractivity contribution in [2.45, 2.75) is 31.2 Å². The predicted molar refractivity (Wildman–Crippen MR) is 62.8 cm³/mol. The molecular weight excluding hydrogens is 206 g/mol. The topological polar surface area (TPSA) is 26.0 Å². The van der Waals surface area contributed by atoms with Crippen molar-refractivity contribution in [3.63, 3.8) is 0 Å². The first-order valence-electron chi connectivity index (χ1n) is 5.78. The number of halogens is 1. The van der Waals surface area contributed by atoms with Gasteiger partial charge in [-0.2, -0.15) is 0 Å². The van der Waals surface area contributed by atoms with Crippen LogP contribution in [-0.2, 0) is 5.54 Å².